The Labute approximate surface area is 149 Å². The van der Waals surface area contributed by atoms with Gasteiger partial charge >= 0.3 is 6.18 Å². The van der Waals surface area contributed by atoms with Crippen LogP contribution in [-0.2, 0) is 6.18 Å². The third-order valence-corrected chi connectivity index (χ3v) is 5.15. The second-order valence-corrected chi connectivity index (χ2v) is 6.94. The molecule has 0 fully saturated rings. The van der Waals surface area contributed by atoms with Gasteiger partial charge in [0.2, 0.25) is 5.01 Å². The van der Waals surface area contributed by atoms with Crippen LogP contribution in [0.15, 0.2) is 41.8 Å². The number of alkyl halides is 3. The van der Waals surface area contributed by atoms with Crippen LogP contribution < -0.4 is 5.32 Å². The van der Waals surface area contributed by atoms with Crippen LogP contribution in [0.5, 0.6) is 0 Å². The number of benzene rings is 1. The molecule has 2 heterocycles. The van der Waals surface area contributed by atoms with Crippen LogP contribution in [0.25, 0.3) is 11.4 Å². The Morgan fingerprint density at radius 1 is 1.24 bits per heavy atom. The molecule has 0 radical (unpaired) electrons. The van der Waals surface area contributed by atoms with Gasteiger partial charge in [-0.2, -0.15) is 17.5 Å². The maximum atomic E-state index is 12.8. The van der Waals surface area contributed by atoms with Crippen molar-refractivity contribution in [1.29, 1.82) is 0 Å². The van der Waals surface area contributed by atoms with E-state index >= 15 is 0 Å². The monoisotopic (exact) mass is 383 g/mol. The van der Waals surface area contributed by atoms with E-state index in [9.17, 15) is 18.0 Å². The van der Waals surface area contributed by atoms with Crippen LogP contribution in [0, 0.1) is 0 Å². The van der Waals surface area contributed by atoms with Crippen LogP contribution in [0.4, 0.5) is 13.2 Å². The quantitative estimate of drug-likeness (QED) is 0.706. The molecule has 0 aliphatic rings. The fourth-order valence-electron chi connectivity index (χ4n) is 2.13. The van der Waals surface area contributed by atoms with Crippen molar-refractivity contribution in [2.45, 2.75) is 19.1 Å². The van der Waals surface area contributed by atoms with Gasteiger partial charge in [-0.1, -0.05) is 18.2 Å². The molecule has 3 aromatic rings. The molecule has 9 heteroatoms. The highest BCUT2D eigenvalue weighted by Gasteiger charge is 2.30. The number of rotatable bonds is 4. The van der Waals surface area contributed by atoms with Crippen molar-refractivity contribution in [2.75, 3.05) is 0 Å². The molecule has 1 aromatic carbocycles. The minimum Gasteiger partial charge on any atom is -0.343 e. The molecule has 0 spiro atoms. The predicted molar refractivity (Wildman–Crippen MR) is 90.5 cm³/mol. The fraction of sp³-hybridized carbons (Fsp3) is 0.188. The normalized spacial score (nSPS) is 12.8. The number of nitrogens with one attached hydrogen (secondary N) is 1. The van der Waals surface area contributed by atoms with Crippen molar-refractivity contribution in [3.8, 4) is 11.4 Å². The smallest absolute Gasteiger partial charge is 0.343 e. The molecule has 0 saturated heterocycles. The van der Waals surface area contributed by atoms with Crippen LogP contribution in [0.3, 0.4) is 0 Å². The number of aromatic nitrogens is 2. The van der Waals surface area contributed by atoms with Gasteiger partial charge in [0.05, 0.1) is 11.6 Å². The number of amides is 1. The molecule has 130 valence electrons. The number of hydrogen-bond donors (Lipinski definition) is 1. The zero-order chi connectivity index (χ0) is 18.0. The molecule has 0 aliphatic heterocycles. The number of hydrogen-bond acceptors (Lipinski definition) is 5. The Hall–Kier alpha value is -2.26. The Kier molecular flexibility index (Phi) is 4.87. The first-order chi connectivity index (χ1) is 11.8. The summed E-state index contributed by atoms with van der Waals surface area (Å²) in [5.74, 6) is -0.304. The molecule has 0 aliphatic carbocycles. The fourth-order valence-corrected chi connectivity index (χ4v) is 3.46. The van der Waals surface area contributed by atoms with E-state index in [1.54, 1.807) is 0 Å². The molecule has 1 amide bonds. The molecule has 1 N–H and O–H groups in total. The molecule has 0 saturated carbocycles. The number of nitrogens with zero attached hydrogens (tertiary/aromatic N) is 2. The van der Waals surface area contributed by atoms with Crippen LogP contribution in [0.1, 0.15) is 33.2 Å². The van der Waals surface area contributed by atoms with Crippen LogP contribution in [-0.4, -0.2) is 15.3 Å². The van der Waals surface area contributed by atoms with E-state index in [1.807, 2.05) is 24.4 Å². The van der Waals surface area contributed by atoms with Crippen LogP contribution in [0.2, 0.25) is 0 Å². The van der Waals surface area contributed by atoms with Gasteiger partial charge in [-0.25, -0.2) is 4.98 Å². The number of thiophene rings is 1. The van der Waals surface area contributed by atoms with E-state index in [0.29, 0.717) is 0 Å². The van der Waals surface area contributed by atoms with Crippen molar-refractivity contribution in [2.24, 2.45) is 0 Å². The minimum absolute atomic E-state index is 0.102. The Morgan fingerprint density at radius 3 is 2.72 bits per heavy atom. The Morgan fingerprint density at radius 2 is 2.04 bits per heavy atom. The first-order valence-corrected chi connectivity index (χ1v) is 8.85. The van der Waals surface area contributed by atoms with Gasteiger partial charge in [0.15, 0.2) is 5.82 Å². The maximum absolute atomic E-state index is 12.8. The van der Waals surface area contributed by atoms with E-state index in [1.165, 1.54) is 23.5 Å². The standard InChI is InChI=1S/C16H12F3N3OS2/c1-9(12-6-3-7-24-12)20-14(23)15-21-13(22-25-15)10-4-2-5-11(8-10)16(17,18)19/h2-9H,1H3,(H,20,23)/t9-/m1/s1. The minimum atomic E-state index is -4.44. The van der Waals surface area contributed by atoms with Crippen LogP contribution >= 0.6 is 22.9 Å². The average Bonchev–Trinajstić information content (AvgIpc) is 3.26. The summed E-state index contributed by atoms with van der Waals surface area (Å²) < 4.78 is 42.4. The average molecular weight is 383 g/mol. The van der Waals surface area contributed by atoms with Gasteiger partial charge in [0.25, 0.3) is 5.91 Å². The van der Waals surface area contributed by atoms with Gasteiger partial charge in [-0.15, -0.1) is 11.3 Å². The molecule has 2 aromatic heterocycles. The summed E-state index contributed by atoms with van der Waals surface area (Å²) in [6.45, 7) is 1.85. The van der Waals surface area contributed by atoms with Crippen molar-refractivity contribution in [3.05, 3.63) is 57.2 Å². The summed E-state index contributed by atoms with van der Waals surface area (Å²) in [6, 6.07) is 8.33. The molecule has 25 heavy (non-hydrogen) atoms. The number of carbonyl (C=O) groups is 1. The first-order valence-electron chi connectivity index (χ1n) is 7.20. The second kappa shape index (κ2) is 6.93. The van der Waals surface area contributed by atoms with Crippen molar-refractivity contribution in [3.63, 3.8) is 0 Å². The highest BCUT2D eigenvalue weighted by molar-refractivity contribution is 7.10. The molecule has 4 nitrogen and oxygen atoms in total. The van der Waals surface area contributed by atoms with E-state index in [4.69, 9.17) is 0 Å². The number of carbonyl (C=O) groups excluding carboxylic acids is 1. The molecule has 0 unspecified atom stereocenters. The van der Waals surface area contributed by atoms with E-state index in [2.05, 4.69) is 14.7 Å². The van der Waals surface area contributed by atoms with Gasteiger partial charge in [-0.3, -0.25) is 4.79 Å². The lowest BCUT2D eigenvalue weighted by Gasteiger charge is -2.10. The lowest BCUT2D eigenvalue weighted by Crippen LogP contribution is -2.25. The molecule has 3 rings (SSSR count). The predicted octanol–water partition coefficient (Wildman–Crippen LogP) is 4.78. The zero-order valence-electron chi connectivity index (χ0n) is 12.9. The third kappa shape index (κ3) is 4.05. The molecule has 0 bridgehead atoms. The second-order valence-electron chi connectivity index (χ2n) is 5.21. The van der Waals surface area contributed by atoms with Gasteiger partial charge < -0.3 is 5.32 Å². The van der Waals surface area contributed by atoms with Gasteiger partial charge in [0.1, 0.15) is 0 Å². The summed E-state index contributed by atoms with van der Waals surface area (Å²) in [5.41, 5.74) is -0.562. The molecular formula is C16H12F3N3OS2. The first kappa shape index (κ1) is 17.6. The zero-order valence-corrected chi connectivity index (χ0v) is 14.5. The van der Waals surface area contributed by atoms with E-state index < -0.39 is 17.6 Å². The van der Waals surface area contributed by atoms with Crippen molar-refractivity contribution < 1.29 is 18.0 Å². The summed E-state index contributed by atoms with van der Waals surface area (Å²) in [6.07, 6.45) is -4.44. The topological polar surface area (TPSA) is 54.9 Å². The highest BCUT2D eigenvalue weighted by Crippen LogP contribution is 2.31. The van der Waals surface area contributed by atoms with Crippen molar-refractivity contribution in [1.82, 2.24) is 14.7 Å². The third-order valence-electron chi connectivity index (χ3n) is 3.39. The molecule has 1 atom stereocenters. The van der Waals surface area contributed by atoms with E-state index in [0.717, 1.165) is 28.5 Å². The maximum Gasteiger partial charge on any atom is 0.416 e. The summed E-state index contributed by atoms with van der Waals surface area (Å²) in [7, 11) is 0. The van der Waals surface area contributed by atoms with Gasteiger partial charge in [0, 0.05) is 10.4 Å². The Bertz CT molecular complexity index is 875. The summed E-state index contributed by atoms with van der Waals surface area (Å²) >= 11 is 2.37. The van der Waals surface area contributed by atoms with Gasteiger partial charge in [-0.05, 0) is 42.0 Å². The molecular weight excluding hydrogens is 371 g/mol. The van der Waals surface area contributed by atoms with Crippen molar-refractivity contribution >= 4 is 28.8 Å². The van der Waals surface area contributed by atoms with E-state index in [-0.39, 0.29) is 22.4 Å². The highest BCUT2D eigenvalue weighted by atomic mass is 32.1. The summed E-state index contributed by atoms with van der Waals surface area (Å²) in [5, 5.41) is 4.82. The largest absolute Gasteiger partial charge is 0.416 e. The lowest BCUT2D eigenvalue weighted by atomic mass is 10.1. The Balaban J connectivity index is 1.77. The lowest BCUT2D eigenvalue weighted by molar-refractivity contribution is -0.137. The summed E-state index contributed by atoms with van der Waals surface area (Å²) in [4.78, 5) is 17.3. The SMILES string of the molecule is C[C@@H](NC(=O)c1nc(-c2cccc(C(F)(F)F)c2)ns1)c1cccs1. The number of halogens is 3.